The normalized spacial score (nSPS) is 21.4. The molecule has 0 spiro atoms. The van der Waals surface area contributed by atoms with Crippen LogP contribution in [0.5, 0.6) is 0 Å². The highest BCUT2D eigenvalue weighted by Crippen LogP contribution is 2.30. The molecule has 0 aromatic carbocycles. The van der Waals surface area contributed by atoms with Crippen LogP contribution in [0.3, 0.4) is 0 Å². The number of hydrogen-bond acceptors (Lipinski definition) is 4. The van der Waals surface area contributed by atoms with Crippen LogP contribution in [0.2, 0.25) is 0 Å². The fourth-order valence-corrected chi connectivity index (χ4v) is 3.38. The number of rotatable bonds is 2. The van der Waals surface area contributed by atoms with Crippen molar-refractivity contribution in [1.82, 2.24) is 9.78 Å². The van der Waals surface area contributed by atoms with Crippen molar-refractivity contribution in [3.63, 3.8) is 0 Å². The molecule has 0 radical (unpaired) electrons. The maximum atomic E-state index is 6.09. The average molecular weight is 240 g/mol. The summed E-state index contributed by atoms with van der Waals surface area (Å²) in [5.74, 6) is 2.28. The van der Waals surface area contributed by atoms with E-state index in [1.54, 1.807) is 0 Å². The third kappa shape index (κ3) is 2.00. The van der Waals surface area contributed by atoms with Gasteiger partial charge in [0.25, 0.3) is 0 Å². The second-order valence-corrected chi connectivity index (χ2v) is 5.70. The van der Waals surface area contributed by atoms with E-state index in [0.717, 1.165) is 35.5 Å². The van der Waals surface area contributed by atoms with Crippen LogP contribution in [-0.2, 0) is 7.05 Å². The molecule has 1 aromatic heterocycles. The van der Waals surface area contributed by atoms with Crippen LogP contribution < -0.4 is 10.6 Å². The van der Waals surface area contributed by atoms with E-state index in [1.807, 2.05) is 18.7 Å². The molecule has 1 atom stereocenters. The van der Waals surface area contributed by atoms with Gasteiger partial charge in [0.15, 0.2) is 0 Å². The lowest BCUT2D eigenvalue weighted by molar-refractivity contribution is 0.675. The Balaban J connectivity index is 2.23. The summed E-state index contributed by atoms with van der Waals surface area (Å²) in [6, 6.07) is 0. The molecule has 1 aromatic rings. The van der Waals surface area contributed by atoms with Crippen molar-refractivity contribution in [2.75, 3.05) is 29.5 Å². The fraction of sp³-hybridized carbons (Fsp3) is 0.727. The fourth-order valence-electron chi connectivity index (χ4n) is 2.20. The minimum absolute atomic E-state index is 0.725. The van der Waals surface area contributed by atoms with E-state index in [0.29, 0.717) is 0 Å². The molecule has 1 fully saturated rings. The lowest BCUT2D eigenvalue weighted by Crippen LogP contribution is -2.39. The van der Waals surface area contributed by atoms with Crippen LogP contribution in [0, 0.1) is 6.92 Å². The first-order chi connectivity index (χ1) is 7.63. The maximum absolute atomic E-state index is 6.09. The predicted octanol–water partition coefficient (Wildman–Crippen LogP) is 1.64. The Kier molecular flexibility index (Phi) is 3.33. The van der Waals surface area contributed by atoms with Crippen molar-refractivity contribution in [1.29, 1.82) is 0 Å². The molecule has 16 heavy (non-hydrogen) atoms. The second kappa shape index (κ2) is 4.57. The van der Waals surface area contributed by atoms with Gasteiger partial charge in [-0.25, -0.2) is 0 Å². The van der Waals surface area contributed by atoms with Gasteiger partial charge in [0.05, 0.1) is 11.4 Å². The summed E-state index contributed by atoms with van der Waals surface area (Å²) in [5, 5.41) is 5.11. The van der Waals surface area contributed by atoms with E-state index in [-0.39, 0.29) is 0 Å². The topological polar surface area (TPSA) is 47.1 Å². The van der Waals surface area contributed by atoms with Gasteiger partial charge in [-0.05, 0) is 13.3 Å². The highest BCUT2D eigenvalue weighted by molar-refractivity contribution is 8.00. The van der Waals surface area contributed by atoms with Gasteiger partial charge < -0.3 is 10.6 Å². The van der Waals surface area contributed by atoms with Crippen LogP contribution in [0.1, 0.15) is 19.0 Å². The molecule has 2 N–H and O–H groups in total. The van der Waals surface area contributed by atoms with E-state index < -0.39 is 0 Å². The summed E-state index contributed by atoms with van der Waals surface area (Å²) >= 11 is 2.07. The molecule has 0 saturated carbocycles. The Morgan fingerprint density at radius 1 is 1.56 bits per heavy atom. The van der Waals surface area contributed by atoms with E-state index >= 15 is 0 Å². The zero-order valence-electron chi connectivity index (χ0n) is 10.2. The Morgan fingerprint density at radius 2 is 2.31 bits per heavy atom. The first-order valence-corrected chi connectivity index (χ1v) is 6.84. The van der Waals surface area contributed by atoms with E-state index in [9.17, 15) is 0 Å². The smallest absolute Gasteiger partial charge is 0.150 e. The van der Waals surface area contributed by atoms with Gasteiger partial charge in [0, 0.05) is 31.1 Å². The molecule has 90 valence electrons. The molecule has 5 heteroatoms. The van der Waals surface area contributed by atoms with Crippen molar-refractivity contribution < 1.29 is 0 Å². The first-order valence-electron chi connectivity index (χ1n) is 5.79. The van der Waals surface area contributed by atoms with Crippen LogP contribution in [0.15, 0.2) is 0 Å². The summed E-state index contributed by atoms with van der Waals surface area (Å²) in [5.41, 5.74) is 7.86. The molecule has 1 aliphatic rings. The number of thioether (sulfide) groups is 1. The molecular formula is C11H20N4S. The molecule has 1 unspecified atom stereocenters. The van der Waals surface area contributed by atoms with Crippen LogP contribution in [0.4, 0.5) is 11.5 Å². The molecule has 4 nitrogen and oxygen atoms in total. The number of hydrogen-bond donors (Lipinski definition) is 1. The number of anilines is 2. The average Bonchev–Trinajstić information content (AvgIpc) is 2.53. The SMILES string of the molecule is CCC1CN(c2c(N)c(C)nn2C)CCS1. The lowest BCUT2D eigenvalue weighted by Gasteiger charge is -2.33. The van der Waals surface area contributed by atoms with Crippen molar-refractivity contribution in [2.45, 2.75) is 25.5 Å². The first kappa shape index (κ1) is 11.6. The molecule has 2 rings (SSSR count). The van der Waals surface area contributed by atoms with E-state index in [4.69, 9.17) is 5.73 Å². The number of nitrogens with zero attached hydrogens (tertiary/aromatic N) is 3. The van der Waals surface area contributed by atoms with E-state index in [2.05, 4.69) is 28.7 Å². The molecule has 2 heterocycles. The monoisotopic (exact) mass is 240 g/mol. The summed E-state index contributed by atoms with van der Waals surface area (Å²) in [4.78, 5) is 2.38. The standard InChI is InChI=1S/C11H20N4S/c1-4-9-7-15(5-6-16-9)11-10(12)8(2)13-14(11)3/h9H,4-7,12H2,1-3H3. The number of nitrogens with two attached hydrogens (primary N) is 1. The van der Waals surface area contributed by atoms with Gasteiger partial charge in [-0.15, -0.1) is 0 Å². The second-order valence-electron chi connectivity index (χ2n) is 4.29. The minimum Gasteiger partial charge on any atom is -0.394 e. The molecule has 1 saturated heterocycles. The van der Waals surface area contributed by atoms with Crippen molar-refractivity contribution in [3.8, 4) is 0 Å². The van der Waals surface area contributed by atoms with Gasteiger partial charge in [0.1, 0.15) is 5.82 Å². The molecular weight excluding hydrogens is 220 g/mol. The lowest BCUT2D eigenvalue weighted by atomic mass is 10.2. The van der Waals surface area contributed by atoms with Gasteiger partial charge in [-0.2, -0.15) is 16.9 Å². The van der Waals surface area contributed by atoms with Crippen LogP contribution >= 0.6 is 11.8 Å². The minimum atomic E-state index is 0.725. The number of nitrogen functional groups attached to an aromatic ring is 1. The van der Waals surface area contributed by atoms with Crippen molar-refractivity contribution in [3.05, 3.63) is 5.69 Å². The Bertz CT molecular complexity index is 374. The third-order valence-corrected chi connectivity index (χ3v) is 4.50. The molecule has 1 aliphatic heterocycles. The highest BCUT2D eigenvalue weighted by atomic mass is 32.2. The summed E-state index contributed by atoms with van der Waals surface area (Å²) in [6.07, 6.45) is 1.22. The zero-order chi connectivity index (χ0) is 11.7. The maximum Gasteiger partial charge on any atom is 0.150 e. The van der Waals surface area contributed by atoms with Gasteiger partial charge >= 0.3 is 0 Å². The van der Waals surface area contributed by atoms with Crippen LogP contribution in [0.25, 0.3) is 0 Å². The van der Waals surface area contributed by atoms with Crippen LogP contribution in [-0.4, -0.2) is 33.9 Å². The summed E-state index contributed by atoms with van der Waals surface area (Å²) in [6.45, 7) is 6.38. The Morgan fingerprint density at radius 3 is 2.88 bits per heavy atom. The predicted molar refractivity (Wildman–Crippen MR) is 71.1 cm³/mol. The Hall–Kier alpha value is -0.840. The highest BCUT2D eigenvalue weighted by Gasteiger charge is 2.23. The molecule has 0 amide bonds. The van der Waals surface area contributed by atoms with Crippen molar-refractivity contribution >= 4 is 23.3 Å². The summed E-state index contributed by atoms with van der Waals surface area (Å²) in [7, 11) is 1.97. The van der Waals surface area contributed by atoms with E-state index in [1.165, 1.54) is 12.2 Å². The van der Waals surface area contributed by atoms with Gasteiger partial charge in [-0.3, -0.25) is 4.68 Å². The largest absolute Gasteiger partial charge is 0.394 e. The zero-order valence-corrected chi connectivity index (χ0v) is 11.0. The number of aryl methyl sites for hydroxylation is 2. The third-order valence-electron chi connectivity index (χ3n) is 3.13. The molecule has 0 aliphatic carbocycles. The van der Waals surface area contributed by atoms with Gasteiger partial charge in [0.2, 0.25) is 0 Å². The Labute approximate surface area is 101 Å². The molecule has 0 bridgehead atoms. The number of aromatic nitrogens is 2. The van der Waals surface area contributed by atoms with Crippen molar-refractivity contribution in [2.24, 2.45) is 7.05 Å². The van der Waals surface area contributed by atoms with Gasteiger partial charge in [-0.1, -0.05) is 6.92 Å². The quantitative estimate of drug-likeness (QED) is 0.854. The summed E-state index contributed by atoms with van der Waals surface area (Å²) < 4.78 is 1.91.